The number of hydrogen-bond donors (Lipinski definition) is 1. The van der Waals surface area contributed by atoms with Gasteiger partial charge in [0, 0.05) is 6.07 Å². The molecule has 0 amide bonds. The van der Waals surface area contributed by atoms with Gasteiger partial charge in [-0.25, -0.2) is 4.79 Å². The van der Waals surface area contributed by atoms with Gasteiger partial charge in [0.25, 0.3) is 0 Å². The van der Waals surface area contributed by atoms with E-state index in [4.69, 9.17) is 5.11 Å². The van der Waals surface area contributed by atoms with Gasteiger partial charge in [-0.2, -0.15) is 0 Å². The Bertz CT molecular complexity index is 189. The molecule has 48 valence electrons. The molecule has 0 unspecified atom stereocenters. The first-order chi connectivity index (χ1) is 4.29. The van der Waals surface area contributed by atoms with Crippen LogP contribution in [-0.2, 0) is 0 Å². The van der Waals surface area contributed by atoms with Crippen LogP contribution in [0.1, 0.15) is 0 Å². The smallest absolute Gasteiger partial charge is 0.469 e. The van der Waals surface area contributed by atoms with E-state index in [-0.39, 0.29) is 5.75 Å². The summed E-state index contributed by atoms with van der Waals surface area (Å²) in [6.45, 7) is 0. The molecule has 0 saturated heterocycles. The summed E-state index contributed by atoms with van der Waals surface area (Å²) in [6, 6.07) is 1.41. The van der Waals surface area contributed by atoms with Gasteiger partial charge in [-0.3, -0.25) is 0 Å². The largest absolute Gasteiger partial charge is 0.511 e. The van der Waals surface area contributed by atoms with Crippen molar-refractivity contribution < 1.29 is 19.1 Å². The second-order valence-corrected chi connectivity index (χ2v) is 1.33. The van der Waals surface area contributed by atoms with Gasteiger partial charge < -0.3 is 14.3 Å². The average molecular weight is 128 g/mol. The first kappa shape index (κ1) is 5.68. The molecule has 1 rings (SSSR count). The quantitative estimate of drug-likeness (QED) is 0.579. The van der Waals surface area contributed by atoms with E-state index in [0.717, 1.165) is 0 Å². The normalized spacial score (nSPS) is 8.89. The molecule has 4 nitrogen and oxygen atoms in total. The Morgan fingerprint density at radius 3 is 3.00 bits per heavy atom. The van der Waals surface area contributed by atoms with E-state index < -0.39 is 6.16 Å². The molecule has 0 atom stereocenters. The summed E-state index contributed by atoms with van der Waals surface area (Å²) < 4.78 is 8.70. The minimum Gasteiger partial charge on any atom is -0.469 e. The van der Waals surface area contributed by atoms with E-state index in [0.29, 0.717) is 0 Å². The third-order valence-electron chi connectivity index (χ3n) is 0.700. The van der Waals surface area contributed by atoms with Gasteiger partial charge in [0.1, 0.15) is 6.26 Å². The number of ether oxygens (including phenoxy) is 1. The summed E-state index contributed by atoms with van der Waals surface area (Å²) in [4.78, 5) is 9.80. The lowest BCUT2D eigenvalue weighted by molar-refractivity contribution is 0.144. The van der Waals surface area contributed by atoms with Crippen molar-refractivity contribution in [2.75, 3.05) is 0 Å². The molecule has 0 radical (unpaired) electrons. The SMILES string of the molecule is O=C(O)Oc1ccoc1. The lowest BCUT2D eigenvalue weighted by Crippen LogP contribution is -2.01. The van der Waals surface area contributed by atoms with Crippen LogP contribution in [0, 0.1) is 0 Å². The number of hydrogen-bond acceptors (Lipinski definition) is 3. The molecule has 1 aromatic heterocycles. The van der Waals surface area contributed by atoms with E-state index in [2.05, 4.69) is 9.15 Å². The molecule has 0 aliphatic carbocycles. The van der Waals surface area contributed by atoms with Gasteiger partial charge >= 0.3 is 6.16 Å². The zero-order valence-electron chi connectivity index (χ0n) is 4.40. The molecule has 9 heavy (non-hydrogen) atoms. The van der Waals surface area contributed by atoms with E-state index in [1.165, 1.54) is 18.6 Å². The van der Waals surface area contributed by atoms with Crippen LogP contribution in [0.4, 0.5) is 4.79 Å². The van der Waals surface area contributed by atoms with Crippen LogP contribution in [0.5, 0.6) is 5.75 Å². The number of carbonyl (C=O) groups is 1. The Balaban J connectivity index is 2.58. The third-order valence-corrected chi connectivity index (χ3v) is 0.700. The van der Waals surface area contributed by atoms with Crippen LogP contribution >= 0.6 is 0 Å². The molecule has 0 bridgehead atoms. The highest BCUT2D eigenvalue weighted by molar-refractivity contribution is 5.60. The molecule has 0 saturated carbocycles. The van der Waals surface area contributed by atoms with E-state index in [1.807, 2.05) is 0 Å². The van der Waals surface area contributed by atoms with Crippen LogP contribution < -0.4 is 4.74 Å². The van der Waals surface area contributed by atoms with Crippen molar-refractivity contribution in [1.29, 1.82) is 0 Å². The summed E-state index contributed by atoms with van der Waals surface area (Å²) in [6.07, 6.45) is 1.20. The van der Waals surface area contributed by atoms with Gasteiger partial charge in [-0.05, 0) is 0 Å². The first-order valence-corrected chi connectivity index (χ1v) is 2.22. The van der Waals surface area contributed by atoms with Crippen LogP contribution in [0.15, 0.2) is 23.0 Å². The number of carboxylic acid groups (broad SMARTS) is 1. The van der Waals surface area contributed by atoms with Crippen LogP contribution in [0.2, 0.25) is 0 Å². The highest BCUT2D eigenvalue weighted by Crippen LogP contribution is 2.09. The van der Waals surface area contributed by atoms with Crippen molar-refractivity contribution in [3.05, 3.63) is 18.6 Å². The van der Waals surface area contributed by atoms with Crippen molar-refractivity contribution in [3.8, 4) is 5.75 Å². The number of rotatable bonds is 1. The minimum absolute atomic E-state index is 0.197. The van der Waals surface area contributed by atoms with Crippen LogP contribution in [-0.4, -0.2) is 11.3 Å². The summed E-state index contributed by atoms with van der Waals surface area (Å²) >= 11 is 0. The Labute approximate surface area is 50.7 Å². The fraction of sp³-hybridized carbons (Fsp3) is 0. The Kier molecular flexibility index (Phi) is 1.40. The van der Waals surface area contributed by atoms with Crippen molar-refractivity contribution in [2.45, 2.75) is 0 Å². The first-order valence-electron chi connectivity index (χ1n) is 2.22. The van der Waals surface area contributed by atoms with Crippen molar-refractivity contribution in [2.24, 2.45) is 0 Å². The molecule has 1 N–H and O–H groups in total. The lowest BCUT2D eigenvalue weighted by Gasteiger charge is -1.89. The maximum atomic E-state index is 9.80. The third kappa shape index (κ3) is 1.49. The summed E-state index contributed by atoms with van der Waals surface area (Å²) in [5.41, 5.74) is 0. The topological polar surface area (TPSA) is 59.7 Å². The zero-order valence-corrected chi connectivity index (χ0v) is 4.40. The summed E-state index contributed by atoms with van der Waals surface area (Å²) in [7, 11) is 0. The van der Waals surface area contributed by atoms with E-state index >= 15 is 0 Å². The molecule has 0 fully saturated rings. The monoisotopic (exact) mass is 128 g/mol. The molecule has 0 aromatic carbocycles. The summed E-state index contributed by atoms with van der Waals surface area (Å²) in [5, 5.41) is 8.02. The standard InChI is InChI=1S/C5H4O4/c6-5(7)9-4-1-2-8-3-4/h1-3H,(H,6,7). The van der Waals surface area contributed by atoms with Crippen molar-refractivity contribution >= 4 is 6.16 Å². The molecular weight excluding hydrogens is 124 g/mol. The summed E-state index contributed by atoms with van der Waals surface area (Å²) in [5.74, 6) is 0.197. The molecular formula is C5H4O4. The average Bonchev–Trinajstić information content (AvgIpc) is 2.15. The predicted octanol–water partition coefficient (Wildman–Crippen LogP) is 1.34. The fourth-order valence-corrected chi connectivity index (χ4v) is 0.411. The number of furan rings is 1. The van der Waals surface area contributed by atoms with E-state index in [9.17, 15) is 4.79 Å². The van der Waals surface area contributed by atoms with Gasteiger partial charge in [0.15, 0.2) is 5.75 Å². The van der Waals surface area contributed by atoms with Gasteiger partial charge in [0.2, 0.25) is 0 Å². The Hall–Kier alpha value is -1.45. The molecule has 0 spiro atoms. The second kappa shape index (κ2) is 2.21. The molecule has 1 heterocycles. The van der Waals surface area contributed by atoms with Crippen molar-refractivity contribution in [3.63, 3.8) is 0 Å². The highest BCUT2D eigenvalue weighted by Gasteiger charge is 1.99. The molecule has 0 aliphatic heterocycles. The molecule has 1 aromatic rings. The van der Waals surface area contributed by atoms with E-state index in [1.54, 1.807) is 0 Å². The van der Waals surface area contributed by atoms with Gasteiger partial charge in [-0.15, -0.1) is 0 Å². The van der Waals surface area contributed by atoms with Crippen LogP contribution in [0.3, 0.4) is 0 Å². The Morgan fingerprint density at radius 2 is 2.56 bits per heavy atom. The maximum absolute atomic E-state index is 9.80. The van der Waals surface area contributed by atoms with Crippen molar-refractivity contribution in [1.82, 2.24) is 0 Å². The maximum Gasteiger partial charge on any atom is 0.511 e. The predicted molar refractivity (Wildman–Crippen MR) is 27.4 cm³/mol. The zero-order chi connectivity index (χ0) is 6.69. The van der Waals surface area contributed by atoms with Crippen LogP contribution in [0.25, 0.3) is 0 Å². The molecule has 4 heteroatoms. The molecule has 0 aliphatic rings. The second-order valence-electron chi connectivity index (χ2n) is 1.33. The van der Waals surface area contributed by atoms with Gasteiger partial charge in [-0.1, -0.05) is 0 Å². The highest BCUT2D eigenvalue weighted by atomic mass is 16.7. The minimum atomic E-state index is -1.34. The fourth-order valence-electron chi connectivity index (χ4n) is 0.411. The lowest BCUT2D eigenvalue weighted by atomic mass is 10.6. The van der Waals surface area contributed by atoms with Gasteiger partial charge in [0.05, 0.1) is 6.26 Å². The Morgan fingerprint density at radius 1 is 1.78 bits per heavy atom.